The molecule has 21 heavy (non-hydrogen) atoms. The largest absolute Gasteiger partial charge is 0.379 e. The molecule has 0 spiro atoms. The van der Waals surface area contributed by atoms with E-state index in [1.54, 1.807) is 6.92 Å². The van der Waals surface area contributed by atoms with Crippen molar-refractivity contribution in [2.24, 2.45) is 11.7 Å². The number of hydrogen-bond donors (Lipinski definition) is 1. The topological polar surface area (TPSA) is 87.9 Å². The first-order valence-corrected chi connectivity index (χ1v) is 7.49. The molecular formula is C15H29NO5. The molecule has 0 aliphatic heterocycles. The van der Waals surface area contributed by atoms with Crippen LogP contribution < -0.4 is 5.73 Å². The molecule has 0 saturated heterocycles. The lowest BCUT2D eigenvalue weighted by Gasteiger charge is -2.08. The Labute approximate surface area is 127 Å². The second kappa shape index (κ2) is 12.9. The molecule has 0 aliphatic carbocycles. The minimum atomic E-state index is -0.426. The Bertz CT molecular complexity index is 264. The van der Waals surface area contributed by atoms with Crippen LogP contribution in [0.1, 0.15) is 33.6 Å². The number of Topliss-reactive ketones (excluding diaryl/α,β-unsaturated/α-hetero) is 2. The first-order chi connectivity index (χ1) is 9.95. The number of hydrogen-bond acceptors (Lipinski definition) is 6. The Kier molecular flexibility index (Phi) is 12.4. The van der Waals surface area contributed by atoms with Gasteiger partial charge in [0.25, 0.3) is 0 Å². The van der Waals surface area contributed by atoms with Gasteiger partial charge in [-0.3, -0.25) is 9.59 Å². The highest BCUT2D eigenvalue weighted by molar-refractivity contribution is 5.83. The van der Waals surface area contributed by atoms with Crippen molar-refractivity contribution in [3.63, 3.8) is 0 Å². The van der Waals surface area contributed by atoms with E-state index in [4.69, 9.17) is 19.9 Å². The van der Waals surface area contributed by atoms with Crippen molar-refractivity contribution in [2.45, 2.75) is 39.7 Å². The maximum atomic E-state index is 11.3. The van der Waals surface area contributed by atoms with E-state index in [9.17, 15) is 9.59 Å². The van der Waals surface area contributed by atoms with Crippen LogP contribution in [-0.2, 0) is 23.8 Å². The summed E-state index contributed by atoms with van der Waals surface area (Å²) >= 11 is 0. The summed E-state index contributed by atoms with van der Waals surface area (Å²) in [5, 5.41) is 0. The van der Waals surface area contributed by atoms with Crippen LogP contribution in [0.25, 0.3) is 0 Å². The second-order valence-corrected chi connectivity index (χ2v) is 5.21. The number of rotatable bonds is 14. The predicted octanol–water partition coefficient (Wildman–Crippen LogP) is 0.958. The summed E-state index contributed by atoms with van der Waals surface area (Å²) in [5.41, 5.74) is 5.43. The third-order valence-electron chi connectivity index (χ3n) is 2.88. The average molecular weight is 303 g/mol. The van der Waals surface area contributed by atoms with Gasteiger partial charge in [0.05, 0.1) is 45.7 Å². The molecule has 0 aliphatic rings. The van der Waals surface area contributed by atoms with Gasteiger partial charge in [-0.25, -0.2) is 0 Å². The molecular weight excluding hydrogens is 274 g/mol. The van der Waals surface area contributed by atoms with Gasteiger partial charge < -0.3 is 19.9 Å². The minimum absolute atomic E-state index is 0.000244. The molecule has 0 aromatic heterocycles. The van der Waals surface area contributed by atoms with Crippen LogP contribution in [0.5, 0.6) is 0 Å². The van der Waals surface area contributed by atoms with E-state index < -0.39 is 6.04 Å². The third kappa shape index (κ3) is 12.6. The predicted molar refractivity (Wildman–Crippen MR) is 80.2 cm³/mol. The molecule has 0 bridgehead atoms. The van der Waals surface area contributed by atoms with Crippen molar-refractivity contribution < 1.29 is 23.8 Å². The molecule has 0 heterocycles. The molecule has 0 amide bonds. The van der Waals surface area contributed by atoms with Crippen molar-refractivity contribution in [3.05, 3.63) is 0 Å². The Balaban J connectivity index is 3.20. The fourth-order valence-electron chi connectivity index (χ4n) is 1.40. The quantitative estimate of drug-likeness (QED) is 0.481. The van der Waals surface area contributed by atoms with Crippen LogP contribution in [0.3, 0.4) is 0 Å². The fourth-order valence-corrected chi connectivity index (χ4v) is 1.40. The molecule has 0 saturated carbocycles. The number of ketones is 2. The van der Waals surface area contributed by atoms with E-state index in [0.29, 0.717) is 52.5 Å². The molecule has 1 atom stereocenters. The normalized spacial score (nSPS) is 12.6. The Morgan fingerprint density at radius 1 is 0.762 bits per heavy atom. The standard InChI is InChI=1S/C15H29NO5/c1-12(2)14(17)4-6-19-8-10-21-11-9-20-7-5-15(18)13(3)16/h12-13H,4-11,16H2,1-3H3. The SMILES string of the molecule is CC(C)C(=O)CCOCCOCCOCCC(=O)C(C)N. The van der Waals surface area contributed by atoms with Crippen LogP contribution in [0.4, 0.5) is 0 Å². The van der Waals surface area contributed by atoms with Crippen molar-refractivity contribution >= 4 is 11.6 Å². The minimum Gasteiger partial charge on any atom is -0.379 e. The Morgan fingerprint density at radius 3 is 1.52 bits per heavy atom. The van der Waals surface area contributed by atoms with Crippen molar-refractivity contribution in [1.29, 1.82) is 0 Å². The molecule has 0 aromatic rings. The molecule has 2 N–H and O–H groups in total. The summed E-state index contributed by atoms with van der Waals surface area (Å²) < 4.78 is 15.8. The number of carbonyl (C=O) groups is 2. The van der Waals surface area contributed by atoms with Gasteiger partial charge in [0.2, 0.25) is 0 Å². The Morgan fingerprint density at radius 2 is 1.14 bits per heavy atom. The molecule has 0 fully saturated rings. The molecule has 6 heteroatoms. The van der Waals surface area contributed by atoms with E-state index in [-0.39, 0.29) is 17.5 Å². The van der Waals surface area contributed by atoms with Gasteiger partial charge in [-0.05, 0) is 6.92 Å². The van der Waals surface area contributed by atoms with Crippen LogP contribution in [0, 0.1) is 5.92 Å². The first-order valence-electron chi connectivity index (χ1n) is 7.49. The van der Waals surface area contributed by atoms with E-state index in [1.807, 2.05) is 13.8 Å². The molecule has 0 rings (SSSR count). The summed E-state index contributed by atoms with van der Waals surface area (Å²) in [5.74, 6) is 0.280. The van der Waals surface area contributed by atoms with Crippen LogP contribution >= 0.6 is 0 Å². The van der Waals surface area contributed by atoms with Gasteiger partial charge in [-0.1, -0.05) is 13.8 Å². The van der Waals surface area contributed by atoms with Crippen molar-refractivity contribution in [2.75, 3.05) is 39.6 Å². The molecule has 1 unspecified atom stereocenters. The summed E-state index contributed by atoms with van der Waals surface area (Å²) in [6.07, 6.45) is 0.791. The van der Waals surface area contributed by atoms with Gasteiger partial charge in [0.1, 0.15) is 5.78 Å². The van der Waals surface area contributed by atoms with E-state index in [2.05, 4.69) is 0 Å². The molecule has 0 radical (unpaired) electrons. The van der Waals surface area contributed by atoms with Gasteiger partial charge in [0, 0.05) is 18.8 Å². The highest BCUT2D eigenvalue weighted by Gasteiger charge is 2.07. The molecule has 6 nitrogen and oxygen atoms in total. The number of nitrogens with two attached hydrogens (primary N) is 1. The van der Waals surface area contributed by atoms with E-state index in [1.165, 1.54) is 0 Å². The van der Waals surface area contributed by atoms with Gasteiger partial charge in [-0.2, -0.15) is 0 Å². The smallest absolute Gasteiger partial charge is 0.151 e. The first kappa shape index (κ1) is 20.2. The zero-order valence-electron chi connectivity index (χ0n) is 13.4. The maximum Gasteiger partial charge on any atom is 0.151 e. The van der Waals surface area contributed by atoms with Gasteiger partial charge >= 0.3 is 0 Å². The fraction of sp³-hybridized carbons (Fsp3) is 0.867. The summed E-state index contributed by atoms with van der Waals surface area (Å²) in [4.78, 5) is 22.5. The molecule has 0 aromatic carbocycles. The van der Waals surface area contributed by atoms with Gasteiger partial charge in [-0.15, -0.1) is 0 Å². The summed E-state index contributed by atoms with van der Waals surface area (Å²) in [6.45, 7) is 8.08. The lowest BCUT2D eigenvalue weighted by molar-refractivity contribution is -0.123. The maximum absolute atomic E-state index is 11.3. The van der Waals surface area contributed by atoms with Crippen LogP contribution in [0.15, 0.2) is 0 Å². The van der Waals surface area contributed by atoms with E-state index >= 15 is 0 Å². The monoisotopic (exact) mass is 303 g/mol. The summed E-state index contributed by atoms with van der Waals surface area (Å²) in [6, 6.07) is -0.426. The van der Waals surface area contributed by atoms with Crippen LogP contribution in [-0.4, -0.2) is 57.2 Å². The lowest BCUT2D eigenvalue weighted by Crippen LogP contribution is -2.27. The number of ether oxygens (including phenoxy) is 3. The summed E-state index contributed by atoms with van der Waals surface area (Å²) in [7, 11) is 0. The zero-order chi connectivity index (χ0) is 16.1. The van der Waals surface area contributed by atoms with Crippen molar-refractivity contribution in [1.82, 2.24) is 0 Å². The Hall–Kier alpha value is -0.820. The lowest BCUT2D eigenvalue weighted by atomic mass is 10.1. The highest BCUT2D eigenvalue weighted by atomic mass is 16.5. The van der Waals surface area contributed by atoms with Crippen molar-refractivity contribution in [3.8, 4) is 0 Å². The van der Waals surface area contributed by atoms with Crippen LogP contribution in [0.2, 0.25) is 0 Å². The molecule has 124 valence electrons. The average Bonchev–Trinajstić information content (AvgIpc) is 2.43. The highest BCUT2D eigenvalue weighted by Crippen LogP contribution is 1.98. The van der Waals surface area contributed by atoms with E-state index in [0.717, 1.165) is 0 Å². The number of carbonyl (C=O) groups excluding carboxylic acids is 2. The zero-order valence-corrected chi connectivity index (χ0v) is 13.4. The van der Waals surface area contributed by atoms with Gasteiger partial charge in [0.15, 0.2) is 5.78 Å². The third-order valence-corrected chi connectivity index (χ3v) is 2.88. The second-order valence-electron chi connectivity index (χ2n) is 5.21.